The molecule has 17 heavy (non-hydrogen) atoms. The number of hydrogen-bond acceptors (Lipinski definition) is 3. The molecule has 0 radical (unpaired) electrons. The Balaban J connectivity index is 1.92. The summed E-state index contributed by atoms with van der Waals surface area (Å²) in [6, 6.07) is 6.53. The van der Waals surface area contributed by atoms with E-state index in [1.54, 1.807) is 7.11 Å². The van der Waals surface area contributed by atoms with Gasteiger partial charge >= 0.3 is 0 Å². The predicted molar refractivity (Wildman–Crippen MR) is 66.6 cm³/mol. The normalized spacial score (nSPS) is 27.2. The Kier molecular flexibility index (Phi) is 2.71. The van der Waals surface area contributed by atoms with Gasteiger partial charge in [-0.15, -0.1) is 0 Å². The van der Waals surface area contributed by atoms with Crippen molar-refractivity contribution in [3.63, 3.8) is 0 Å². The van der Waals surface area contributed by atoms with E-state index in [-0.39, 0.29) is 0 Å². The number of methoxy groups -OCH3 is 1. The fourth-order valence-corrected chi connectivity index (χ4v) is 2.63. The molecule has 2 unspecified atom stereocenters. The van der Waals surface area contributed by atoms with E-state index in [4.69, 9.17) is 9.47 Å². The lowest BCUT2D eigenvalue weighted by Crippen LogP contribution is -2.32. The molecule has 1 aromatic carbocycles. The van der Waals surface area contributed by atoms with E-state index < -0.39 is 0 Å². The van der Waals surface area contributed by atoms with Crippen LogP contribution in [-0.2, 0) is 0 Å². The van der Waals surface area contributed by atoms with Crippen LogP contribution in [0.15, 0.2) is 18.2 Å². The van der Waals surface area contributed by atoms with E-state index in [1.165, 1.54) is 18.4 Å². The van der Waals surface area contributed by atoms with Crippen molar-refractivity contribution in [1.29, 1.82) is 0 Å². The van der Waals surface area contributed by atoms with Gasteiger partial charge in [0.05, 0.1) is 7.11 Å². The van der Waals surface area contributed by atoms with Gasteiger partial charge in [0.2, 0.25) is 0 Å². The Morgan fingerprint density at radius 3 is 2.82 bits per heavy atom. The van der Waals surface area contributed by atoms with Crippen molar-refractivity contribution in [2.45, 2.75) is 31.4 Å². The van der Waals surface area contributed by atoms with Crippen LogP contribution in [0.1, 0.15) is 30.9 Å². The molecule has 3 heteroatoms. The molecule has 0 aromatic heterocycles. The van der Waals surface area contributed by atoms with E-state index in [2.05, 4.69) is 11.4 Å². The van der Waals surface area contributed by atoms with Gasteiger partial charge in [0, 0.05) is 24.1 Å². The molecule has 1 aliphatic heterocycles. The molecular formula is C14H19NO2. The zero-order valence-corrected chi connectivity index (χ0v) is 10.4. The number of fused-ring (bicyclic) bond motifs is 1. The van der Waals surface area contributed by atoms with Gasteiger partial charge in [-0.1, -0.05) is 6.07 Å². The van der Waals surface area contributed by atoms with Crippen LogP contribution in [-0.4, -0.2) is 20.3 Å². The molecule has 3 rings (SSSR count). The first-order valence-electron chi connectivity index (χ1n) is 6.33. The summed E-state index contributed by atoms with van der Waals surface area (Å²) in [5, 5.41) is 3.39. The van der Waals surface area contributed by atoms with Crippen LogP contribution in [0, 0.1) is 5.92 Å². The van der Waals surface area contributed by atoms with Crippen molar-refractivity contribution >= 4 is 0 Å². The second-order valence-corrected chi connectivity index (χ2v) is 4.97. The third kappa shape index (κ3) is 2.00. The monoisotopic (exact) mass is 233 g/mol. The summed E-state index contributed by atoms with van der Waals surface area (Å²) < 4.78 is 11.4. The number of rotatable bonds is 3. The second-order valence-electron chi connectivity index (χ2n) is 4.97. The van der Waals surface area contributed by atoms with Crippen LogP contribution in [0.2, 0.25) is 0 Å². The van der Waals surface area contributed by atoms with Crippen molar-refractivity contribution in [3.8, 4) is 11.5 Å². The lowest BCUT2D eigenvalue weighted by atomic mass is 9.94. The minimum atomic E-state index is 0.382. The maximum Gasteiger partial charge on any atom is 0.128 e. The maximum absolute atomic E-state index is 6.11. The van der Waals surface area contributed by atoms with Crippen LogP contribution in [0.25, 0.3) is 0 Å². The first-order chi connectivity index (χ1) is 8.31. The third-order valence-corrected chi connectivity index (χ3v) is 3.84. The van der Waals surface area contributed by atoms with E-state index in [9.17, 15) is 0 Å². The SMILES string of the molecule is CNC1CC(C2CC2)Oc2cc(OC)ccc21. The number of hydrogen-bond donors (Lipinski definition) is 1. The molecular weight excluding hydrogens is 214 g/mol. The van der Waals surface area contributed by atoms with Crippen LogP contribution in [0.5, 0.6) is 11.5 Å². The zero-order valence-electron chi connectivity index (χ0n) is 10.4. The Morgan fingerprint density at radius 2 is 2.18 bits per heavy atom. The molecule has 3 nitrogen and oxygen atoms in total. The third-order valence-electron chi connectivity index (χ3n) is 3.84. The van der Waals surface area contributed by atoms with Gasteiger partial charge in [-0.05, 0) is 31.9 Å². The van der Waals surface area contributed by atoms with Crippen LogP contribution >= 0.6 is 0 Å². The smallest absolute Gasteiger partial charge is 0.128 e. The van der Waals surface area contributed by atoms with Crippen LogP contribution in [0.4, 0.5) is 0 Å². The molecule has 0 saturated heterocycles. The molecule has 1 heterocycles. The molecule has 0 bridgehead atoms. The Hall–Kier alpha value is -1.22. The number of benzene rings is 1. The maximum atomic E-state index is 6.11. The summed E-state index contributed by atoms with van der Waals surface area (Å²) in [4.78, 5) is 0. The minimum absolute atomic E-state index is 0.382. The van der Waals surface area contributed by atoms with Gasteiger partial charge in [-0.3, -0.25) is 0 Å². The quantitative estimate of drug-likeness (QED) is 0.870. The minimum Gasteiger partial charge on any atom is -0.497 e. The molecule has 92 valence electrons. The molecule has 1 aromatic rings. The highest BCUT2D eigenvalue weighted by Crippen LogP contribution is 2.44. The highest BCUT2D eigenvalue weighted by atomic mass is 16.5. The Bertz CT molecular complexity index is 415. The highest BCUT2D eigenvalue weighted by Gasteiger charge is 2.38. The van der Waals surface area contributed by atoms with Crippen molar-refractivity contribution in [1.82, 2.24) is 5.32 Å². The van der Waals surface area contributed by atoms with E-state index in [1.807, 2.05) is 19.2 Å². The van der Waals surface area contributed by atoms with Crippen molar-refractivity contribution < 1.29 is 9.47 Å². The molecule has 1 fully saturated rings. The standard InChI is InChI=1S/C14H19NO2/c1-15-12-8-13(9-3-4-9)17-14-7-10(16-2)5-6-11(12)14/h5-7,9,12-13,15H,3-4,8H2,1-2H3. The predicted octanol–water partition coefficient (Wildman–Crippen LogP) is 2.52. The second kappa shape index (κ2) is 4.22. The lowest BCUT2D eigenvalue weighted by Gasteiger charge is -2.32. The van der Waals surface area contributed by atoms with Crippen LogP contribution < -0.4 is 14.8 Å². The molecule has 1 aliphatic carbocycles. The number of ether oxygens (including phenoxy) is 2. The molecule has 2 aliphatic rings. The molecule has 1 N–H and O–H groups in total. The first kappa shape index (κ1) is 10.9. The molecule has 0 amide bonds. The largest absolute Gasteiger partial charge is 0.497 e. The van der Waals surface area contributed by atoms with Gasteiger partial charge in [-0.2, -0.15) is 0 Å². The first-order valence-corrected chi connectivity index (χ1v) is 6.33. The fourth-order valence-electron chi connectivity index (χ4n) is 2.63. The van der Waals surface area contributed by atoms with Gasteiger partial charge in [0.15, 0.2) is 0 Å². The van der Waals surface area contributed by atoms with Crippen molar-refractivity contribution in [2.75, 3.05) is 14.2 Å². The van der Waals surface area contributed by atoms with Crippen LogP contribution in [0.3, 0.4) is 0 Å². The van der Waals surface area contributed by atoms with Gasteiger partial charge in [0.1, 0.15) is 17.6 Å². The van der Waals surface area contributed by atoms with Crippen molar-refractivity contribution in [3.05, 3.63) is 23.8 Å². The highest BCUT2D eigenvalue weighted by molar-refractivity contribution is 5.44. The average Bonchev–Trinajstić information content (AvgIpc) is 3.20. The fraction of sp³-hybridized carbons (Fsp3) is 0.571. The van der Waals surface area contributed by atoms with E-state index in [0.717, 1.165) is 23.8 Å². The van der Waals surface area contributed by atoms with Crippen molar-refractivity contribution in [2.24, 2.45) is 5.92 Å². The van der Waals surface area contributed by atoms with E-state index >= 15 is 0 Å². The van der Waals surface area contributed by atoms with Gasteiger partial charge in [-0.25, -0.2) is 0 Å². The summed E-state index contributed by atoms with van der Waals surface area (Å²) in [5.41, 5.74) is 1.25. The lowest BCUT2D eigenvalue weighted by molar-refractivity contribution is 0.131. The molecule has 2 atom stereocenters. The summed E-state index contributed by atoms with van der Waals surface area (Å²) in [6.45, 7) is 0. The topological polar surface area (TPSA) is 30.5 Å². The Morgan fingerprint density at radius 1 is 1.35 bits per heavy atom. The summed E-state index contributed by atoms with van der Waals surface area (Å²) >= 11 is 0. The summed E-state index contributed by atoms with van der Waals surface area (Å²) in [6.07, 6.45) is 4.11. The summed E-state index contributed by atoms with van der Waals surface area (Å²) in [7, 11) is 3.71. The number of nitrogens with one attached hydrogen (secondary N) is 1. The van der Waals surface area contributed by atoms with Gasteiger partial charge < -0.3 is 14.8 Å². The average molecular weight is 233 g/mol. The molecule has 0 spiro atoms. The van der Waals surface area contributed by atoms with Gasteiger partial charge in [0.25, 0.3) is 0 Å². The Labute approximate surface area is 102 Å². The zero-order chi connectivity index (χ0) is 11.8. The van der Waals surface area contributed by atoms with E-state index in [0.29, 0.717) is 12.1 Å². The summed E-state index contributed by atoms with van der Waals surface area (Å²) in [5.74, 6) is 2.63. The molecule has 1 saturated carbocycles.